The van der Waals surface area contributed by atoms with E-state index < -0.39 is 27.1 Å². The monoisotopic (exact) mass is 313 g/mol. The van der Waals surface area contributed by atoms with E-state index in [-0.39, 0.29) is 5.56 Å². The lowest BCUT2D eigenvalue weighted by atomic mass is 10.1. The number of nitrogens with one attached hydrogen (secondary N) is 1. The Morgan fingerprint density at radius 3 is 2.29 bits per heavy atom. The van der Waals surface area contributed by atoms with Gasteiger partial charge >= 0.3 is 5.97 Å². The fourth-order valence-corrected chi connectivity index (χ4v) is 2.58. The number of hydrogen-bond donors (Lipinski definition) is 1. The first-order valence-corrected chi connectivity index (χ1v) is 8.09. The first kappa shape index (κ1) is 17.2. The Bertz CT molecular complexity index is 607. The molecule has 0 unspecified atom stereocenters. The minimum atomic E-state index is -4.11. The Labute approximate surface area is 124 Å². The second kappa shape index (κ2) is 7.21. The molecule has 1 aromatic carbocycles. The van der Waals surface area contributed by atoms with Gasteiger partial charge in [0.05, 0.1) is 7.11 Å². The summed E-state index contributed by atoms with van der Waals surface area (Å²) in [6.07, 6.45) is 1.87. The maximum Gasteiger partial charge on any atom is 0.325 e. The van der Waals surface area contributed by atoms with Crippen molar-refractivity contribution >= 4 is 21.9 Å². The van der Waals surface area contributed by atoms with Crippen molar-refractivity contribution in [1.82, 2.24) is 4.72 Å². The Morgan fingerprint density at radius 2 is 1.81 bits per heavy atom. The van der Waals surface area contributed by atoms with Gasteiger partial charge in [0.25, 0.3) is 5.91 Å². The number of carbonyl (C=O) groups is 2. The molecule has 0 aliphatic rings. The highest BCUT2D eigenvalue weighted by atomic mass is 32.2. The number of benzene rings is 1. The van der Waals surface area contributed by atoms with Crippen molar-refractivity contribution in [2.75, 3.05) is 7.11 Å². The van der Waals surface area contributed by atoms with Crippen LogP contribution in [0.4, 0.5) is 0 Å². The van der Waals surface area contributed by atoms with Gasteiger partial charge in [-0.25, -0.2) is 13.1 Å². The Balaban J connectivity index is 2.83. The standard InChI is InChI=1S/C14H19NO5S/c1-4-5-11-6-8-12(9-7-11)13(16)15-21(18,19)10(2)14(17)20-3/h6-10H,4-5H2,1-3H3,(H,15,16)/t10-/m0/s1. The van der Waals surface area contributed by atoms with Crippen LogP contribution in [-0.2, 0) is 26.0 Å². The first-order valence-electron chi connectivity index (χ1n) is 6.54. The largest absolute Gasteiger partial charge is 0.468 e. The number of amides is 1. The van der Waals surface area contributed by atoms with Gasteiger partial charge in [0.2, 0.25) is 10.0 Å². The van der Waals surface area contributed by atoms with Gasteiger partial charge in [-0.15, -0.1) is 0 Å². The Morgan fingerprint density at radius 1 is 1.24 bits per heavy atom. The number of rotatable bonds is 6. The molecule has 0 saturated carbocycles. The third kappa shape index (κ3) is 4.56. The molecule has 0 heterocycles. The van der Waals surface area contributed by atoms with Crippen LogP contribution in [0.15, 0.2) is 24.3 Å². The average molecular weight is 313 g/mol. The molecule has 0 saturated heterocycles. The highest BCUT2D eigenvalue weighted by molar-refractivity contribution is 7.91. The zero-order valence-corrected chi connectivity index (χ0v) is 13.1. The zero-order valence-electron chi connectivity index (χ0n) is 12.3. The molecule has 0 aliphatic carbocycles. The highest BCUT2D eigenvalue weighted by Crippen LogP contribution is 2.08. The summed E-state index contributed by atoms with van der Waals surface area (Å²) in [5.74, 6) is -1.69. The summed E-state index contributed by atoms with van der Waals surface area (Å²) < 4.78 is 29.9. The quantitative estimate of drug-likeness (QED) is 0.799. The summed E-state index contributed by atoms with van der Waals surface area (Å²) >= 11 is 0. The summed E-state index contributed by atoms with van der Waals surface area (Å²) in [7, 11) is -3.03. The molecular weight excluding hydrogens is 294 g/mol. The molecule has 1 N–H and O–H groups in total. The van der Waals surface area contributed by atoms with Crippen LogP contribution in [0.5, 0.6) is 0 Å². The van der Waals surface area contributed by atoms with E-state index in [0.29, 0.717) is 0 Å². The number of sulfonamides is 1. The van der Waals surface area contributed by atoms with Crippen molar-refractivity contribution in [3.8, 4) is 0 Å². The van der Waals surface area contributed by atoms with E-state index in [9.17, 15) is 18.0 Å². The van der Waals surface area contributed by atoms with Crippen molar-refractivity contribution in [2.24, 2.45) is 0 Å². The molecule has 0 aromatic heterocycles. The lowest BCUT2D eigenvalue weighted by molar-refractivity contribution is -0.139. The van der Waals surface area contributed by atoms with E-state index >= 15 is 0 Å². The van der Waals surface area contributed by atoms with Gasteiger partial charge < -0.3 is 4.74 Å². The van der Waals surface area contributed by atoms with Crippen molar-refractivity contribution in [3.05, 3.63) is 35.4 Å². The molecule has 0 bridgehead atoms. The van der Waals surface area contributed by atoms with Gasteiger partial charge in [-0.1, -0.05) is 25.5 Å². The molecule has 0 radical (unpaired) electrons. The van der Waals surface area contributed by atoms with Gasteiger partial charge in [0, 0.05) is 5.56 Å². The summed E-state index contributed by atoms with van der Waals surface area (Å²) in [4.78, 5) is 23.1. The summed E-state index contributed by atoms with van der Waals surface area (Å²) in [6, 6.07) is 6.65. The van der Waals surface area contributed by atoms with E-state index in [1.165, 1.54) is 0 Å². The van der Waals surface area contributed by atoms with Crippen LogP contribution < -0.4 is 4.72 Å². The molecule has 21 heavy (non-hydrogen) atoms. The van der Waals surface area contributed by atoms with Gasteiger partial charge in [0.15, 0.2) is 5.25 Å². The summed E-state index contributed by atoms with van der Waals surface area (Å²) in [5.41, 5.74) is 1.29. The van der Waals surface area contributed by atoms with E-state index in [1.807, 2.05) is 11.6 Å². The van der Waals surface area contributed by atoms with Gasteiger partial charge in [-0.2, -0.15) is 0 Å². The van der Waals surface area contributed by atoms with E-state index in [4.69, 9.17) is 0 Å². The number of ether oxygens (including phenoxy) is 1. The molecule has 116 valence electrons. The fraction of sp³-hybridized carbons (Fsp3) is 0.429. The van der Waals surface area contributed by atoms with Crippen molar-refractivity contribution in [3.63, 3.8) is 0 Å². The molecule has 7 heteroatoms. The van der Waals surface area contributed by atoms with E-state index in [1.54, 1.807) is 24.3 Å². The van der Waals surface area contributed by atoms with Gasteiger partial charge in [0.1, 0.15) is 0 Å². The fourth-order valence-electron chi connectivity index (χ4n) is 1.68. The third-order valence-corrected chi connectivity index (χ3v) is 4.58. The van der Waals surface area contributed by atoms with Crippen LogP contribution in [-0.4, -0.2) is 32.7 Å². The lowest BCUT2D eigenvalue weighted by Gasteiger charge is -2.12. The maximum absolute atomic E-state index is 11.9. The number of esters is 1. The second-order valence-electron chi connectivity index (χ2n) is 4.59. The minimum Gasteiger partial charge on any atom is -0.468 e. The van der Waals surface area contributed by atoms with Crippen LogP contribution >= 0.6 is 0 Å². The van der Waals surface area contributed by atoms with Crippen molar-refractivity contribution in [2.45, 2.75) is 31.9 Å². The van der Waals surface area contributed by atoms with Gasteiger partial charge in [-0.3, -0.25) is 9.59 Å². The number of hydrogen-bond acceptors (Lipinski definition) is 5. The van der Waals surface area contributed by atoms with E-state index in [0.717, 1.165) is 32.4 Å². The summed E-state index contributed by atoms with van der Waals surface area (Å²) in [5, 5.41) is -1.45. The highest BCUT2D eigenvalue weighted by Gasteiger charge is 2.30. The molecule has 0 aliphatic heterocycles. The molecular formula is C14H19NO5S. The lowest BCUT2D eigenvalue weighted by Crippen LogP contribution is -2.41. The number of methoxy groups -OCH3 is 1. The van der Waals surface area contributed by atoms with Crippen LogP contribution in [0, 0.1) is 0 Å². The van der Waals surface area contributed by atoms with Crippen molar-refractivity contribution in [1.29, 1.82) is 0 Å². The smallest absolute Gasteiger partial charge is 0.325 e. The normalized spacial score (nSPS) is 12.5. The van der Waals surface area contributed by atoms with Gasteiger partial charge in [-0.05, 0) is 31.0 Å². The third-order valence-electron chi connectivity index (χ3n) is 2.99. The van der Waals surface area contributed by atoms with E-state index in [2.05, 4.69) is 4.74 Å². The minimum absolute atomic E-state index is 0.218. The first-order chi connectivity index (χ1) is 9.81. The predicted octanol–water partition coefficient (Wildman–Crippen LogP) is 1.26. The predicted molar refractivity (Wildman–Crippen MR) is 78.3 cm³/mol. The van der Waals surface area contributed by atoms with Crippen LogP contribution in [0.3, 0.4) is 0 Å². The molecule has 1 amide bonds. The second-order valence-corrected chi connectivity index (χ2v) is 6.59. The Kier molecular flexibility index (Phi) is 5.90. The van der Waals surface area contributed by atoms with Crippen molar-refractivity contribution < 1.29 is 22.7 Å². The molecule has 1 rings (SSSR count). The van der Waals surface area contributed by atoms with Crippen LogP contribution in [0.2, 0.25) is 0 Å². The van der Waals surface area contributed by atoms with Crippen LogP contribution in [0.25, 0.3) is 0 Å². The molecule has 0 spiro atoms. The molecule has 1 atom stereocenters. The number of aryl methyl sites for hydroxylation is 1. The molecule has 0 fully saturated rings. The summed E-state index contributed by atoms with van der Waals surface area (Å²) in [6.45, 7) is 3.20. The zero-order chi connectivity index (χ0) is 16.0. The maximum atomic E-state index is 11.9. The Hall–Kier alpha value is -1.89. The molecule has 6 nitrogen and oxygen atoms in total. The topological polar surface area (TPSA) is 89.5 Å². The molecule has 1 aromatic rings. The SMILES string of the molecule is CCCc1ccc(C(=O)NS(=O)(=O)[C@@H](C)C(=O)OC)cc1. The number of carbonyl (C=O) groups excluding carboxylic acids is 2. The van der Waals surface area contributed by atoms with Crippen LogP contribution in [0.1, 0.15) is 36.2 Å². The average Bonchev–Trinajstić information content (AvgIpc) is 2.46.